The number of amides is 1. The van der Waals surface area contributed by atoms with Crippen LogP contribution in [0.3, 0.4) is 0 Å². The summed E-state index contributed by atoms with van der Waals surface area (Å²) in [6.45, 7) is 13.9. The lowest BCUT2D eigenvalue weighted by atomic mass is 10.1. The van der Waals surface area contributed by atoms with Crippen molar-refractivity contribution < 1.29 is 4.79 Å². The number of carbonyl (C=O) groups excluding carboxylic acids is 1. The predicted octanol–water partition coefficient (Wildman–Crippen LogP) is 5.12. The van der Waals surface area contributed by atoms with Crippen molar-refractivity contribution in [2.45, 2.75) is 54.5 Å². The van der Waals surface area contributed by atoms with Crippen molar-refractivity contribution in [1.29, 1.82) is 0 Å². The number of benzene rings is 1. The maximum atomic E-state index is 12.2. The molecule has 0 fully saturated rings. The van der Waals surface area contributed by atoms with E-state index in [0.29, 0.717) is 16.7 Å². The molecule has 0 aliphatic rings. The second-order valence-electron chi connectivity index (χ2n) is 5.65. The summed E-state index contributed by atoms with van der Waals surface area (Å²) < 4.78 is 0. The van der Waals surface area contributed by atoms with E-state index in [-0.39, 0.29) is 11.9 Å². The number of nitrogens with zero attached hydrogens (tertiary/aromatic N) is 2. The third kappa shape index (κ3) is 5.15. The number of hydrogen-bond donors (Lipinski definition) is 2. The van der Waals surface area contributed by atoms with Crippen molar-refractivity contribution in [2.24, 2.45) is 0 Å². The Morgan fingerprint density at radius 1 is 1.15 bits per heavy atom. The van der Waals surface area contributed by atoms with Gasteiger partial charge in [-0.25, -0.2) is 9.97 Å². The smallest absolute Gasteiger partial charge is 0.255 e. The number of hydrogen-bond acceptors (Lipinski definition) is 3. The quantitative estimate of drug-likeness (QED) is 0.685. The van der Waals surface area contributed by atoms with Crippen LogP contribution < -0.4 is 5.32 Å². The van der Waals surface area contributed by atoms with Crippen LogP contribution in [0.5, 0.6) is 0 Å². The van der Waals surface area contributed by atoms with Gasteiger partial charge in [0.15, 0.2) is 5.65 Å². The van der Waals surface area contributed by atoms with E-state index in [4.69, 9.17) is 0 Å². The van der Waals surface area contributed by atoms with Crippen LogP contribution >= 0.6 is 0 Å². The molecule has 140 valence electrons. The number of H-pyrrole nitrogens is 1. The highest BCUT2D eigenvalue weighted by atomic mass is 16.1. The van der Waals surface area contributed by atoms with Crippen LogP contribution in [0.1, 0.15) is 57.5 Å². The lowest BCUT2D eigenvalue weighted by Crippen LogP contribution is -2.29. The van der Waals surface area contributed by atoms with Crippen molar-refractivity contribution in [3.8, 4) is 11.3 Å². The second kappa shape index (κ2) is 10.3. The number of nitrogens with one attached hydrogen (secondary N) is 2. The SMILES string of the molecule is CC.CC.Cc1cccc(-c2cnc3[nH]cc(C(=O)NC(C)C)c3n2)c1. The highest BCUT2D eigenvalue weighted by molar-refractivity contribution is 6.04. The van der Waals surface area contributed by atoms with Gasteiger partial charge in [0.05, 0.1) is 17.5 Å². The van der Waals surface area contributed by atoms with Gasteiger partial charge in [0.1, 0.15) is 5.52 Å². The van der Waals surface area contributed by atoms with Crippen molar-refractivity contribution >= 4 is 17.1 Å². The highest BCUT2D eigenvalue weighted by Gasteiger charge is 2.15. The minimum atomic E-state index is -0.142. The number of fused-ring (bicyclic) bond motifs is 1. The lowest BCUT2D eigenvalue weighted by molar-refractivity contribution is 0.0944. The van der Waals surface area contributed by atoms with Gasteiger partial charge in [0.2, 0.25) is 0 Å². The standard InChI is InChI=1S/C17H18N4O.2C2H6/c1-10(2)20-17(22)13-8-18-16-15(13)21-14(9-19-16)12-6-4-5-11(3)7-12;2*1-2/h4-10H,1-3H3,(H,18,19)(H,20,22);2*1-2H3. The highest BCUT2D eigenvalue weighted by Crippen LogP contribution is 2.21. The summed E-state index contributed by atoms with van der Waals surface area (Å²) in [5.41, 5.74) is 4.64. The first kappa shape index (κ1) is 21.4. The zero-order valence-electron chi connectivity index (χ0n) is 16.8. The Balaban J connectivity index is 0.000000791. The van der Waals surface area contributed by atoms with E-state index in [9.17, 15) is 4.79 Å². The summed E-state index contributed by atoms with van der Waals surface area (Å²) in [4.78, 5) is 24.2. The molecular weight excluding hydrogens is 324 g/mol. The van der Waals surface area contributed by atoms with Gasteiger partial charge in [0, 0.05) is 17.8 Å². The fourth-order valence-corrected chi connectivity index (χ4v) is 2.35. The Labute approximate surface area is 156 Å². The molecule has 5 nitrogen and oxygen atoms in total. The zero-order valence-corrected chi connectivity index (χ0v) is 16.8. The molecule has 3 aromatic rings. The van der Waals surface area contributed by atoms with E-state index >= 15 is 0 Å². The van der Waals surface area contributed by atoms with Crippen molar-refractivity contribution in [2.75, 3.05) is 0 Å². The number of aryl methyl sites for hydroxylation is 1. The molecule has 0 bridgehead atoms. The van der Waals surface area contributed by atoms with Gasteiger partial charge in [-0.15, -0.1) is 0 Å². The fourth-order valence-electron chi connectivity index (χ4n) is 2.35. The normalized spacial score (nSPS) is 9.85. The molecule has 5 heteroatoms. The van der Waals surface area contributed by atoms with Crippen molar-refractivity contribution in [1.82, 2.24) is 20.3 Å². The minimum absolute atomic E-state index is 0.0744. The molecule has 0 spiro atoms. The molecule has 2 heterocycles. The minimum Gasteiger partial charge on any atom is -0.350 e. The van der Waals surface area contributed by atoms with Gasteiger partial charge in [-0.2, -0.15) is 0 Å². The molecule has 0 radical (unpaired) electrons. The molecule has 0 saturated carbocycles. The van der Waals surface area contributed by atoms with Crippen molar-refractivity contribution in [3.63, 3.8) is 0 Å². The molecule has 0 unspecified atom stereocenters. The average Bonchev–Trinajstić information content (AvgIpc) is 3.08. The van der Waals surface area contributed by atoms with Crippen LogP contribution in [0.2, 0.25) is 0 Å². The molecule has 1 aromatic carbocycles. The molecular formula is C21H30N4O. The Morgan fingerprint density at radius 2 is 1.85 bits per heavy atom. The van der Waals surface area contributed by atoms with Gasteiger partial charge < -0.3 is 10.3 Å². The maximum absolute atomic E-state index is 12.2. The summed E-state index contributed by atoms with van der Waals surface area (Å²) in [5, 5.41) is 2.88. The van der Waals surface area contributed by atoms with E-state index in [1.807, 2.05) is 66.7 Å². The Hall–Kier alpha value is -2.69. The molecule has 2 N–H and O–H groups in total. The van der Waals surface area contributed by atoms with E-state index in [0.717, 1.165) is 16.8 Å². The number of carbonyl (C=O) groups is 1. The first-order valence-corrected chi connectivity index (χ1v) is 9.26. The predicted molar refractivity (Wildman–Crippen MR) is 109 cm³/mol. The fraction of sp³-hybridized carbons (Fsp3) is 0.381. The number of aromatic amines is 1. The van der Waals surface area contributed by atoms with Crippen LogP contribution in [0.25, 0.3) is 22.4 Å². The van der Waals surface area contributed by atoms with E-state index in [1.54, 1.807) is 12.4 Å². The van der Waals surface area contributed by atoms with Crippen molar-refractivity contribution in [3.05, 3.63) is 47.8 Å². The van der Waals surface area contributed by atoms with Gasteiger partial charge >= 0.3 is 0 Å². The summed E-state index contributed by atoms with van der Waals surface area (Å²) in [5.74, 6) is -0.142. The summed E-state index contributed by atoms with van der Waals surface area (Å²) in [6, 6.07) is 8.14. The molecule has 2 aromatic heterocycles. The van der Waals surface area contributed by atoms with Gasteiger partial charge in [0.25, 0.3) is 5.91 Å². The van der Waals surface area contributed by atoms with Crippen LogP contribution in [-0.2, 0) is 0 Å². The lowest BCUT2D eigenvalue weighted by Gasteiger charge is -2.07. The molecule has 0 aliphatic heterocycles. The topological polar surface area (TPSA) is 70.7 Å². The third-order valence-electron chi connectivity index (χ3n) is 3.36. The van der Waals surface area contributed by atoms with Gasteiger partial charge in [-0.05, 0) is 26.8 Å². The van der Waals surface area contributed by atoms with Crippen LogP contribution in [0.15, 0.2) is 36.7 Å². The second-order valence-corrected chi connectivity index (χ2v) is 5.65. The first-order chi connectivity index (χ1) is 12.5. The van der Waals surface area contributed by atoms with E-state index in [2.05, 4.69) is 26.3 Å². The largest absolute Gasteiger partial charge is 0.350 e. The van der Waals surface area contributed by atoms with Crippen LogP contribution in [0.4, 0.5) is 0 Å². The molecule has 26 heavy (non-hydrogen) atoms. The number of aromatic nitrogens is 3. The Bertz CT molecular complexity index is 837. The van der Waals surface area contributed by atoms with Crippen LogP contribution in [-0.4, -0.2) is 26.9 Å². The van der Waals surface area contributed by atoms with E-state index < -0.39 is 0 Å². The zero-order chi connectivity index (χ0) is 19.7. The monoisotopic (exact) mass is 354 g/mol. The Morgan fingerprint density at radius 3 is 2.46 bits per heavy atom. The molecule has 0 atom stereocenters. The van der Waals surface area contributed by atoms with Gasteiger partial charge in [-0.1, -0.05) is 51.5 Å². The Kier molecular flexibility index (Phi) is 8.49. The summed E-state index contributed by atoms with van der Waals surface area (Å²) >= 11 is 0. The average molecular weight is 354 g/mol. The molecule has 0 saturated heterocycles. The maximum Gasteiger partial charge on any atom is 0.255 e. The summed E-state index contributed by atoms with van der Waals surface area (Å²) in [7, 11) is 0. The van der Waals surface area contributed by atoms with Gasteiger partial charge in [-0.3, -0.25) is 4.79 Å². The van der Waals surface area contributed by atoms with Crippen LogP contribution in [0, 0.1) is 6.92 Å². The summed E-state index contributed by atoms with van der Waals surface area (Å²) in [6.07, 6.45) is 3.38. The molecule has 3 rings (SSSR count). The molecule has 0 aliphatic carbocycles. The first-order valence-electron chi connectivity index (χ1n) is 9.26. The van der Waals surface area contributed by atoms with E-state index in [1.165, 1.54) is 0 Å². The number of rotatable bonds is 3. The third-order valence-corrected chi connectivity index (χ3v) is 3.36. The molecule has 1 amide bonds.